The third kappa shape index (κ3) is 4.86. The van der Waals surface area contributed by atoms with Crippen molar-refractivity contribution in [3.63, 3.8) is 0 Å². The van der Waals surface area contributed by atoms with Crippen LogP contribution in [0.25, 0.3) is 0 Å². The van der Waals surface area contributed by atoms with Gasteiger partial charge in [-0.25, -0.2) is 0 Å². The van der Waals surface area contributed by atoms with E-state index in [1.165, 1.54) is 0 Å². The van der Waals surface area contributed by atoms with Crippen molar-refractivity contribution < 1.29 is 14.2 Å². The maximum atomic E-state index is 5.83. The van der Waals surface area contributed by atoms with Crippen LogP contribution in [0.1, 0.15) is 25.8 Å². The molecule has 0 aromatic heterocycles. The molecule has 0 amide bonds. The van der Waals surface area contributed by atoms with Crippen LogP contribution in [0.15, 0.2) is 16.6 Å². The van der Waals surface area contributed by atoms with E-state index in [1.807, 2.05) is 26.0 Å². The number of rotatable bonds is 7. The Kier molecular flexibility index (Phi) is 6.43. The quantitative estimate of drug-likeness (QED) is 0.682. The topological polar surface area (TPSA) is 27.7 Å². The molecule has 1 rings (SSSR count). The van der Waals surface area contributed by atoms with Crippen LogP contribution in [-0.2, 0) is 10.6 Å². The molecule has 0 unspecified atom stereocenters. The van der Waals surface area contributed by atoms with Crippen LogP contribution in [-0.4, -0.2) is 26.4 Å². The Morgan fingerprint density at radius 3 is 2.47 bits per heavy atom. The van der Waals surface area contributed by atoms with Crippen molar-refractivity contribution >= 4 is 27.5 Å². The molecule has 1 aromatic carbocycles. The van der Waals surface area contributed by atoms with E-state index in [9.17, 15) is 0 Å². The van der Waals surface area contributed by atoms with Crippen LogP contribution in [0.4, 0.5) is 0 Å². The molecule has 19 heavy (non-hydrogen) atoms. The van der Waals surface area contributed by atoms with E-state index in [4.69, 9.17) is 25.8 Å². The maximum absolute atomic E-state index is 5.83. The van der Waals surface area contributed by atoms with Crippen LogP contribution in [0.5, 0.6) is 11.5 Å². The lowest BCUT2D eigenvalue weighted by atomic mass is 10.1. The van der Waals surface area contributed by atoms with Crippen molar-refractivity contribution in [1.29, 1.82) is 0 Å². The zero-order valence-corrected chi connectivity index (χ0v) is 14.1. The standard InChI is InChI=1S/C14H20BrClO3/c1-14(2,18-4)5-6-19-13-11(15)7-10(9-16)8-12(13)17-3/h7-8H,5-6,9H2,1-4H3. The smallest absolute Gasteiger partial charge is 0.175 e. The van der Waals surface area contributed by atoms with Crippen molar-refractivity contribution in [1.82, 2.24) is 0 Å². The molecule has 108 valence electrons. The van der Waals surface area contributed by atoms with Gasteiger partial charge in [-0.2, -0.15) is 0 Å². The lowest BCUT2D eigenvalue weighted by molar-refractivity contribution is 0.00518. The fourth-order valence-corrected chi connectivity index (χ4v) is 2.25. The molecule has 3 nitrogen and oxygen atoms in total. The number of benzene rings is 1. The summed E-state index contributed by atoms with van der Waals surface area (Å²) >= 11 is 9.31. The molecule has 0 saturated carbocycles. The molecule has 0 bridgehead atoms. The normalized spacial score (nSPS) is 11.5. The molecule has 0 atom stereocenters. The largest absolute Gasteiger partial charge is 0.493 e. The summed E-state index contributed by atoms with van der Waals surface area (Å²) in [5.74, 6) is 1.81. The highest BCUT2D eigenvalue weighted by Crippen LogP contribution is 2.37. The van der Waals surface area contributed by atoms with Gasteiger partial charge in [0.1, 0.15) is 0 Å². The van der Waals surface area contributed by atoms with Gasteiger partial charge in [0.2, 0.25) is 0 Å². The molecule has 0 aliphatic carbocycles. The van der Waals surface area contributed by atoms with Gasteiger partial charge in [-0.3, -0.25) is 0 Å². The van der Waals surface area contributed by atoms with E-state index >= 15 is 0 Å². The average molecular weight is 352 g/mol. The second kappa shape index (κ2) is 7.36. The Balaban J connectivity index is 2.78. The van der Waals surface area contributed by atoms with Crippen LogP contribution in [0.3, 0.4) is 0 Å². The fraction of sp³-hybridized carbons (Fsp3) is 0.571. The third-order valence-electron chi connectivity index (χ3n) is 2.95. The predicted octanol–water partition coefficient (Wildman–Crippen LogP) is 4.39. The fourth-order valence-electron chi connectivity index (χ4n) is 1.49. The van der Waals surface area contributed by atoms with Gasteiger partial charge in [-0.1, -0.05) is 0 Å². The van der Waals surface area contributed by atoms with Crippen molar-refractivity contribution in [3.8, 4) is 11.5 Å². The van der Waals surface area contributed by atoms with E-state index in [0.29, 0.717) is 24.0 Å². The third-order valence-corrected chi connectivity index (χ3v) is 3.84. The van der Waals surface area contributed by atoms with E-state index in [-0.39, 0.29) is 5.60 Å². The summed E-state index contributed by atoms with van der Waals surface area (Å²) in [6.45, 7) is 4.61. The first kappa shape index (κ1) is 16.6. The van der Waals surface area contributed by atoms with Gasteiger partial charge < -0.3 is 14.2 Å². The van der Waals surface area contributed by atoms with Gasteiger partial charge in [0.15, 0.2) is 11.5 Å². The monoisotopic (exact) mass is 350 g/mol. The van der Waals surface area contributed by atoms with Crippen molar-refractivity contribution in [2.45, 2.75) is 31.7 Å². The van der Waals surface area contributed by atoms with Gasteiger partial charge in [0, 0.05) is 19.4 Å². The molecule has 0 aliphatic heterocycles. The minimum absolute atomic E-state index is 0.199. The maximum Gasteiger partial charge on any atom is 0.175 e. The van der Waals surface area contributed by atoms with Crippen LogP contribution < -0.4 is 9.47 Å². The summed E-state index contributed by atoms with van der Waals surface area (Å²) in [5.41, 5.74) is 0.783. The van der Waals surface area contributed by atoms with Gasteiger partial charge in [-0.05, 0) is 47.5 Å². The summed E-state index contributed by atoms with van der Waals surface area (Å²) < 4.78 is 17.3. The lowest BCUT2D eigenvalue weighted by Gasteiger charge is -2.23. The first-order valence-corrected chi connectivity index (χ1v) is 7.36. The molecule has 5 heteroatoms. The molecule has 0 aliphatic rings. The summed E-state index contributed by atoms with van der Waals surface area (Å²) in [6.07, 6.45) is 0.788. The molecule has 0 heterocycles. The van der Waals surface area contributed by atoms with Crippen LogP contribution in [0.2, 0.25) is 0 Å². The van der Waals surface area contributed by atoms with Crippen molar-refractivity contribution in [2.75, 3.05) is 20.8 Å². The van der Waals surface area contributed by atoms with E-state index in [1.54, 1.807) is 14.2 Å². The zero-order valence-electron chi connectivity index (χ0n) is 11.8. The molecular weight excluding hydrogens is 332 g/mol. The van der Waals surface area contributed by atoms with Gasteiger partial charge in [-0.15, -0.1) is 11.6 Å². The highest BCUT2D eigenvalue weighted by Gasteiger charge is 2.18. The number of hydrogen-bond donors (Lipinski definition) is 0. The number of ether oxygens (including phenoxy) is 3. The Morgan fingerprint density at radius 2 is 1.95 bits per heavy atom. The number of methoxy groups -OCH3 is 2. The highest BCUT2D eigenvalue weighted by molar-refractivity contribution is 9.10. The molecule has 0 saturated heterocycles. The Labute approximate surface area is 128 Å². The van der Waals surface area contributed by atoms with Gasteiger partial charge in [0.25, 0.3) is 0 Å². The Morgan fingerprint density at radius 1 is 1.26 bits per heavy atom. The van der Waals surface area contributed by atoms with E-state index in [2.05, 4.69) is 15.9 Å². The minimum atomic E-state index is -0.199. The first-order valence-electron chi connectivity index (χ1n) is 6.04. The molecular formula is C14H20BrClO3. The summed E-state index contributed by atoms with van der Waals surface area (Å²) in [4.78, 5) is 0. The highest BCUT2D eigenvalue weighted by atomic mass is 79.9. The van der Waals surface area contributed by atoms with Gasteiger partial charge in [0.05, 0.1) is 23.8 Å². The zero-order chi connectivity index (χ0) is 14.5. The summed E-state index contributed by atoms with van der Waals surface area (Å²) in [5, 5.41) is 0. The molecule has 0 spiro atoms. The average Bonchev–Trinajstić information content (AvgIpc) is 2.39. The SMILES string of the molecule is COc1cc(CCl)cc(Br)c1OCCC(C)(C)OC. The second-order valence-electron chi connectivity index (χ2n) is 4.80. The van der Waals surface area contributed by atoms with E-state index < -0.39 is 0 Å². The Hall–Kier alpha value is -0.450. The predicted molar refractivity (Wildman–Crippen MR) is 81.5 cm³/mol. The number of alkyl halides is 1. The second-order valence-corrected chi connectivity index (χ2v) is 5.93. The summed E-state index contributed by atoms with van der Waals surface area (Å²) in [6, 6.07) is 3.82. The minimum Gasteiger partial charge on any atom is -0.493 e. The molecule has 0 fully saturated rings. The van der Waals surface area contributed by atoms with E-state index in [0.717, 1.165) is 16.5 Å². The number of hydrogen-bond acceptors (Lipinski definition) is 3. The molecule has 1 aromatic rings. The van der Waals surface area contributed by atoms with Crippen LogP contribution in [0, 0.1) is 0 Å². The lowest BCUT2D eigenvalue weighted by Crippen LogP contribution is -2.25. The van der Waals surface area contributed by atoms with Crippen molar-refractivity contribution in [3.05, 3.63) is 22.2 Å². The van der Waals surface area contributed by atoms with Crippen LogP contribution >= 0.6 is 27.5 Å². The first-order chi connectivity index (χ1) is 8.93. The Bertz CT molecular complexity index is 421. The van der Waals surface area contributed by atoms with Gasteiger partial charge >= 0.3 is 0 Å². The van der Waals surface area contributed by atoms with Crippen molar-refractivity contribution in [2.24, 2.45) is 0 Å². The number of halogens is 2. The molecule has 0 radical (unpaired) electrons. The molecule has 0 N–H and O–H groups in total. The summed E-state index contributed by atoms with van der Waals surface area (Å²) in [7, 11) is 3.32.